The average molecular weight is 636 g/mol. The number of hydrogen-bond donors (Lipinski definition) is 3. The molecule has 0 saturated carbocycles. The second-order valence-corrected chi connectivity index (χ2v) is 12.5. The molecule has 1 unspecified atom stereocenters. The highest BCUT2D eigenvalue weighted by Crippen LogP contribution is 2.30. The van der Waals surface area contributed by atoms with Crippen molar-refractivity contribution in [1.29, 1.82) is 0 Å². The van der Waals surface area contributed by atoms with Gasteiger partial charge in [0.05, 0.1) is 18.6 Å². The maximum atomic E-state index is 13.2. The lowest BCUT2D eigenvalue weighted by Crippen LogP contribution is -2.47. The number of anilines is 2. The minimum absolute atomic E-state index is 0.0261. The molecule has 3 aliphatic heterocycles. The minimum Gasteiger partial charge on any atom is -0.378 e. The lowest BCUT2D eigenvalue weighted by molar-refractivity contribution is -0.117. The Morgan fingerprint density at radius 2 is 1.79 bits per heavy atom. The van der Waals surface area contributed by atoms with Gasteiger partial charge in [-0.25, -0.2) is 9.97 Å². The fourth-order valence-electron chi connectivity index (χ4n) is 6.43. The number of hydrogen-bond acceptors (Lipinski definition) is 9. The van der Waals surface area contributed by atoms with E-state index >= 15 is 0 Å². The summed E-state index contributed by atoms with van der Waals surface area (Å²) in [5.41, 5.74) is 4.76. The summed E-state index contributed by atoms with van der Waals surface area (Å²) in [4.78, 5) is 49.2. The lowest BCUT2D eigenvalue weighted by atomic mass is 10.0. The fourth-order valence-corrected chi connectivity index (χ4v) is 6.43. The van der Waals surface area contributed by atoms with Gasteiger partial charge in [-0.2, -0.15) is 0 Å². The highest BCUT2D eigenvalue weighted by Gasteiger charge is 2.22. The van der Waals surface area contributed by atoms with Crippen LogP contribution in [0.2, 0.25) is 0 Å². The molecule has 0 radical (unpaired) electrons. The van der Waals surface area contributed by atoms with Crippen molar-refractivity contribution in [3.8, 4) is 11.3 Å². The number of ether oxygens (including phenoxy) is 1. The van der Waals surface area contributed by atoms with Crippen molar-refractivity contribution in [1.82, 2.24) is 35.1 Å². The number of nitrogens with one attached hydrogen (secondary N) is 3. The third kappa shape index (κ3) is 7.67. The van der Waals surface area contributed by atoms with E-state index in [4.69, 9.17) is 4.74 Å². The summed E-state index contributed by atoms with van der Waals surface area (Å²) >= 11 is 0. The number of fused-ring (bicyclic) bond motifs is 1. The zero-order valence-electron chi connectivity index (χ0n) is 26.5. The number of rotatable bonds is 10. The summed E-state index contributed by atoms with van der Waals surface area (Å²) in [7, 11) is 0. The first kappa shape index (κ1) is 31.0. The van der Waals surface area contributed by atoms with Crippen LogP contribution in [0.15, 0.2) is 67.1 Å². The van der Waals surface area contributed by atoms with Crippen molar-refractivity contribution in [2.24, 2.45) is 0 Å². The Balaban J connectivity index is 0.939. The van der Waals surface area contributed by atoms with Gasteiger partial charge in [-0.15, -0.1) is 0 Å². The van der Waals surface area contributed by atoms with Crippen LogP contribution in [-0.2, 0) is 16.1 Å². The molecule has 12 heteroatoms. The van der Waals surface area contributed by atoms with Gasteiger partial charge in [-0.3, -0.25) is 24.4 Å². The van der Waals surface area contributed by atoms with E-state index in [1.807, 2.05) is 42.5 Å². The van der Waals surface area contributed by atoms with Crippen LogP contribution in [0.3, 0.4) is 0 Å². The Morgan fingerprint density at radius 1 is 0.957 bits per heavy atom. The molecule has 3 aliphatic rings. The largest absolute Gasteiger partial charge is 0.378 e. The molecule has 0 bridgehead atoms. The molecule has 3 fully saturated rings. The maximum absolute atomic E-state index is 13.2. The Morgan fingerprint density at radius 3 is 2.60 bits per heavy atom. The van der Waals surface area contributed by atoms with Gasteiger partial charge in [0.15, 0.2) is 0 Å². The van der Waals surface area contributed by atoms with Crippen molar-refractivity contribution < 1.29 is 14.3 Å². The zero-order valence-corrected chi connectivity index (χ0v) is 26.5. The van der Waals surface area contributed by atoms with Crippen LogP contribution in [0.25, 0.3) is 22.3 Å². The molecule has 47 heavy (non-hydrogen) atoms. The maximum Gasteiger partial charge on any atom is 0.274 e. The van der Waals surface area contributed by atoms with Gasteiger partial charge in [0.1, 0.15) is 23.5 Å². The number of pyridine rings is 1. The topological polar surface area (TPSA) is 132 Å². The molecule has 6 heterocycles. The summed E-state index contributed by atoms with van der Waals surface area (Å²) in [6, 6.07) is 13.7. The normalized spacial score (nSPS) is 19.1. The standard InChI is InChI=1S/C35H41N9O3/c45-32(5-2-12-42-14-3-15-42)39-28-4-1-13-43(23-28)22-25-10-11-36-31(20-25)35(46)40-27-8-6-26(7-9-27)30-21-29-33(41-30)37-24-38-34(29)44-16-18-47-19-17-44/h2,5-11,20-21,24,28H,1,3-4,12-19,22-23H2,(H,39,45)(H,40,46)(H,37,38,41)/b5-2+. The molecule has 0 aliphatic carbocycles. The van der Waals surface area contributed by atoms with E-state index in [0.29, 0.717) is 31.1 Å². The zero-order chi connectivity index (χ0) is 32.0. The van der Waals surface area contributed by atoms with Gasteiger partial charge in [0.2, 0.25) is 5.91 Å². The molecular weight excluding hydrogens is 594 g/mol. The predicted molar refractivity (Wildman–Crippen MR) is 181 cm³/mol. The molecule has 7 rings (SSSR count). The van der Waals surface area contributed by atoms with E-state index in [0.717, 1.165) is 92.3 Å². The van der Waals surface area contributed by atoms with Crippen molar-refractivity contribution in [3.63, 3.8) is 0 Å². The molecule has 1 aromatic carbocycles. The van der Waals surface area contributed by atoms with Crippen LogP contribution in [0.4, 0.5) is 11.5 Å². The van der Waals surface area contributed by atoms with Crippen LogP contribution in [-0.4, -0.2) is 107 Å². The molecular formula is C35H41N9O3. The van der Waals surface area contributed by atoms with Gasteiger partial charge < -0.3 is 25.3 Å². The van der Waals surface area contributed by atoms with Gasteiger partial charge in [0, 0.05) is 62.4 Å². The Kier molecular flexibility index (Phi) is 9.50. The highest BCUT2D eigenvalue weighted by atomic mass is 16.5. The Bertz CT molecular complexity index is 1730. The summed E-state index contributed by atoms with van der Waals surface area (Å²) < 4.78 is 5.50. The SMILES string of the molecule is O=C(/C=C/CN1CCC1)NC1CCCN(Cc2ccnc(C(=O)Nc3ccc(-c4cc5c(N6CCOCC6)ncnc5[nH]4)cc3)c2)C1. The number of amides is 2. The fraction of sp³-hybridized carbons (Fsp3) is 0.400. The van der Waals surface area contributed by atoms with Crippen LogP contribution >= 0.6 is 0 Å². The quantitative estimate of drug-likeness (QED) is 0.224. The second-order valence-electron chi connectivity index (χ2n) is 12.5. The van der Waals surface area contributed by atoms with Crippen molar-refractivity contribution in [2.45, 2.75) is 31.8 Å². The van der Waals surface area contributed by atoms with Gasteiger partial charge in [-0.1, -0.05) is 18.2 Å². The molecule has 1 atom stereocenters. The number of benzene rings is 1. The Hall–Kier alpha value is -4.65. The van der Waals surface area contributed by atoms with Gasteiger partial charge >= 0.3 is 0 Å². The van der Waals surface area contributed by atoms with Crippen LogP contribution in [0.1, 0.15) is 35.3 Å². The third-order valence-corrected chi connectivity index (χ3v) is 9.07. The Labute approximate surface area is 274 Å². The van der Waals surface area contributed by atoms with Crippen molar-refractivity contribution in [3.05, 3.63) is 78.4 Å². The number of aromatic amines is 1. The summed E-state index contributed by atoms with van der Waals surface area (Å²) in [6.45, 7) is 8.47. The summed E-state index contributed by atoms with van der Waals surface area (Å²) in [5.74, 6) is 0.623. The first-order valence-corrected chi connectivity index (χ1v) is 16.5. The second kappa shape index (κ2) is 14.4. The smallest absolute Gasteiger partial charge is 0.274 e. The summed E-state index contributed by atoms with van der Waals surface area (Å²) in [6.07, 6.45) is 10.1. The molecule has 4 aromatic rings. The average Bonchev–Trinajstić information content (AvgIpc) is 3.52. The van der Waals surface area contributed by atoms with E-state index in [-0.39, 0.29) is 17.9 Å². The van der Waals surface area contributed by atoms with Gasteiger partial charge in [0.25, 0.3) is 5.91 Å². The van der Waals surface area contributed by atoms with E-state index in [1.165, 1.54) is 6.42 Å². The first-order chi connectivity index (χ1) is 23.1. The number of nitrogens with zero attached hydrogens (tertiary/aromatic N) is 6. The third-order valence-electron chi connectivity index (χ3n) is 9.07. The summed E-state index contributed by atoms with van der Waals surface area (Å²) in [5, 5.41) is 7.12. The lowest BCUT2D eigenvalue weighted by Gasteiger charge is -2.33. The number of morpholine rings is 1. The van der Waals surface area contributed by atoms with E-state index < -0.39 is 0 Å². The van der Waals surface area contributed by atoms with Crippen LogP contribution in [0.5, 0.6) is 0 Å². The van der Waals surface area contributed by atoms with Crippen molar-refractivity contribution >= 4 is 34.4 Å². The number of likely N-dealkylation sites (tertiary alicyclic amines) is 2. The first-order valence-electron chi connectivity index (χ1n) is 16.5. The monoisotopic (exact) mass is 635 g/mol. The number of piperidine rings is 1. The molecule has 3 aromatic heterocycles. The van der Waals surface area contributed by atoms with Crippen LogP contribution in [0, 0.1) is 0 Å². The highest BCUT2D eigenvalue weighted by molar-refractivity contribution is 6.03. The van der Waals surface area contributed by atoms with Crippen LogP contribution < -0.4 is 15.5 Å². The minimum atomic E-state index is -0.260. The number of carbonyl (C=O) groups excluding carboxylic acids is 2. The molecule has 244 valence electrons. The predicted octanol–water partition coefficient (Wildman–Crippen LogP) is 3.45. The van der Waals surface area contributed by atoms with E-state index in [1.54, 1.807) is 18.6 Å². The number of aromatic nitrogens is 4. The molecule has 0 spiro atoms. The van der Waals surface area contributed by atoms with E-state index in [2.05, 4.69) is 51.3 Å². The molecule has 2 amide bonds. The van der Waals surface area contributed by atoms with Gasteiger partial charge in [-0.05, 0) is 80.4 Å². The molecule has 3 saturated heterocycles. The van der Waals surface area contributed by atoms with E-state index in [9.17, 15) is 9.59 Å². The number of H-pyrrole nitrogens is 1. The van der Waals surface area contributed by atoms with Crippen molar-refractivity contribution in [2.75, 3.05) is 69.2 Å². The number of carbonyl (C=O) groups is 2. The molecule has 3 N–H and O–H groups in total. The molecule has 12 nitrogen and oxygen atoms in total.